The standard InChI is InChI=1S/C23H21Cl2N3OS.C4H10.C3H7Cl/c24-17-6-11-22(26-15-17)20-14-18(7-10-21(20)25)27-23(29)16-4-8-19(9-5-16)28-12-2-1-3-13-30-28;1-3-4-2;1-2-3-4/h4-11,14-15H,1-3,12-13H2,(H,27,29);3-4H2,1-2H3;2-3H2,1H3. The fourth-order valence-electron chi connectivity index (χ4n) is 3.29. The molecule has 0 aliphatic carbocycles. The summed E-state index contributed by atoms with van der Waals surface area (Å²) in [5.74, 6) is 1.77. The van der Waals surface area contributed by atoms with Gasteiger partial charge in [-0.3, -0.25) is 9.78 Å². The summed E-state index contributed by atoms with van der Waals surface area (Å²) in [6, 6.07) is 16.7. The van der Waals surface area contributed by atoms with Crippen LogP contribution >= 0.6 is 46.8 Å². The predicted octanol–water partition coefficient (Wildman–Crippen LogP) is 10.4. The molecule has 0 saturated carbocycles. The van der Waals surface area contributed by atoms with Gasteiger partial charge in [0.1, 0.15) is 0 Å². The SMILES string of the molecule is CCCC.CCCCl.O=C(Nc1ccc(Cl)c(-c2ccc(Cl)cn2)c1)c1ccc(N2CCCCCS2)cc1. The van der Waals surface area contributed by atoms with Crippen molar-refractivity contribution in [1.29, 1.82) is 0 Å². The Bertz CT molecular complexity index is 1080. The van der Waals surface area contributed by atoms with E-state index in [9.17, 15) is 4.79 Å². The van der Waals surface area contributed by atoms with Gasteiger partial charge in [0.25, 0.3) is 5.91 Å². The Hall–Kier alpha value is -1.92. The number of hydrogen-bond acceptors (Lipinski definition) is 4. The van der Waals surface area contributed by atoms with E-state index >= 15 is 0 Å². The number of benzene rings is 2. The third-order valence-electron chi connectivity index (χ3n) is 5.59. The minimum Gasteiger partial charge on any atom is -0.322 e. The summed E-state index contributed by atoms with van der Waals surface area (Å²) in [6.45, 7) is 7.45. The minimum atomic E-state index is -0.164. The minimum absolute atomic E-state index is 0.164. The molecule has 4 rings (SSSR count). The van der Waals surface area contributed by atoms with Gasteiger partial charge in [-0.1, -0.05) is 63.2 Å². The van der Waals surface area contributed by atoms with Crippen molar-refractivity contribution in [1.82, 2.24) is 4.98 Å². The molecule has 3 aromatic rings. The van der Waals surface area contributed by atoms with Gasteiger partial charge in [0.2, 0.25) is 0 Å². The molecule has 0 radical (unpaired) electrons. The quantitative estimate of drug-likeness (QED) is 0.228. The number of hydrogen-bond donors (Lipinski definition) is 1. The molecular weight excluding hydrogens is 557 g/mol. The number of carbonyl (C=O) groups excluding carboxylic acids is 1. The lowest BCUT2D eigenvalue weighted by molar-refractivity contribution is 0.102. The van der Waals surface area contributed by atoms with Crippen LogP contribution in [0.15, 0.2) is 60.8 Å². The molecule has 1 saturated heterocycles. The number of halogens is 3. The van der Waals surface area contributed by atoms with Gasteiger partial charge < -0.3 is 9.62 Å². The van der Waals surface area contributed by atoms with Crippen molar-refractivity contribution in [3.05, 3.63) is 76.4 Å². The first-order valence-corrected chi connectivity index (χ1v) is 15.5. The lowest BCUT2D eigenvalue weighted by Crippen LogP contribution is -2.15. The van der Waals surface area contributed by atoms with Crippen molar-refractivity contribution in [2.75, 3.05) is 27.8 Å². The van der Waals surface area contributed by atoms with E-state index in [0.29, 0.717) is 27.0 Å². The number of aromatic nitrogens is 1. The van der Waals surface area contributed by atoms with Crippen molar-refractivity contribution in [3.8, 4) is 11.3 Å². The van der Waals surface area contributed by atoms with E-state index in [1.807, 2.05) is 49.2 Å². The molecule has 0 unspecified atom stereocenters. The number of nitrogens with zero attached hydrogens (tertiary/aromatic N) is 2. The van der Waals surface area contributed by atoms with Crippen LogP contribution in [0.5, 0.6) is 0 Å². The smallest absolute Gasteiger partial charge is 0.255 e. The van der Waals surface area contributed by atoms with Crippen LogP contribution in [0, 0.1) is 0 Å². The second-order valence-corrected chi connectivity index (χ2v) is 11.1. The summed E-state index contributed by atoms with van der Waals surface area (Å²) in [5.41, 5.74) is 3.84. The maximum Gasteiger partial charge on any atom is 0.255 e. The summed E-state index contributed by atoms with van der Waals surface area (Å²) in [4.78, 5) is 17.1. The first kappa shape index (κ1) is 32.3. The highest BCUT2D eigenvalue weighted by molar-refractivity contribution is 8.00. The molecule has 1 aliphatic heterocycles. The summed E-state index contributed by atoms with van der Waals surface area (Å²) in [7, 11) is 0. The van der Waals surface area contributed by atoms with E-state index in [4.69, 9.17) is 34.8 Å². The Labute approximate surface area is 247 Å². The second kappa shape index (κ2) is 18.4. The highest BCUT2D eigenvalue weighted by Crippen LogP contribution is 2.31. The van der Waals surface area contributed by atoms with Crippen molar-refractivity contribution in [2.24, 2.45) is 0 Å². The molecule has 8 heteroatoms. The number of anilines is 2. The van der Waals surface area contributed by atoms with Gasteiger partial charge in [0.15, 0.2) is 0 Å². The summed E-state index contributed by atoms with van der Waals surface area (Å²) in [6.07, 6.45) is 9.04. The lowest BCUT2D eigenvalue weighted by Gasteiger charge is -2.21. The second-order valence-electron chi connectivity index (χ2n) is 8.74. The van der Waals surface area contributed by atoms with E-state index in [2.05, 4.69) is 28.5 Å². The van der Waals surface area contributed by atoms with Crippen LogP contribution in [0.25, 0.3) is 11.3 Å². The van der Waals surface area contributed by atoms with Crippen LogP contribution in [0.1, 0.15) is 69.7 Å². The van der Waals surface area contributed by atoms with Crippen molar-refractivity contribution in [2.45, 2.75) is 59.3 Å². The van der Waals surface area contributed by atoms with Gasteiger partial charge in [-0.2, -0.15) is 0 Å². The Morgan fingerprint density at radius 1 is 0.947 bits per heavy atom. The highest BCUT2D eigenvalue weighted by atomic mass is 35.5. The summed E-state index contributed by atoms with van der Waals surface area (Å²) >= 11 is 19.3. The third-order valence-corrected chi connectivity index (χ3v) is 7.69. The average Bonchev–Trinajstić information content (AvgIpc) is 3.25. The molecule has 2 heterocycles. The van der Waals surface area contributed by atoms with Gasteiger partial charge in [-0.15, -0.1) is 11.6 Å². The fraction of sp³-hybridized carbons (Fsp3) is 0.400. The topological polar surface area (TPSA) is 45.2 Å². The first-order valence-electron chi connectivity index (χ1n) is 13.2. The molecule has 206 valence electrons. The molecule has 1 aromatic heterocycles. The van der Waals surface area contributed by atoms with E-state index in [-0.39, 0.29) is 5.91 Å². The normalized spacial score (nSPS) is 12.8. The predicted molar refractivity (Wildman–Crippen MR) is 169 cm³/mol. The van der Waals surface area contributed by atoms with Gasteiger partial charge >= 0.3 is 0 Å². The first-order chi connectivity index (χ1) is 18.4. The molecule has 1 fully saturated rings. The van der Waals surface area contributed by atoms with Crippen molar-refractivity contribution < 1.29 is 4.79 Å². The number of alkyl halides is 1. The molecule has 0 atom stereocenters. The number of amides is 1. The number of carbonyl (C=O) groups is 1. The van der Waals surface area contributed by atoms with E-state index in [1.54, 1.807) is 30.5 Å². The van der Waals surface area contributed by atoms with E-state index in [0.717, 1.165) is 35.8 Å². The largest absolute Gasteiger partial charge is 0.322 e. The van der Waals surface area contributed by atoms with Crippen LogP contribution in [0.3, 0.4) is 0 Å². The monoisotopic (exact) mass is 593 g/mol. The molecule has 38 heavy (non-hydrogen) atoms. The lowest BCUT2D eigenvalue weighted by atomic mass is 10.1. The van der Waals surface area contributed by atoms with Crippen LogP contribution in [-0.2, 0) is 0 Å². The molecule has 0 spiro atoms. The Morgan fingerprint density at radius 3 is 2.26 bits per heavy atom. The Morgan fingerprint density at radius 2 is 1.66 bits per heavy atom. The van der Waals surface area contributed by atoms with Crippen LogP contribution in [-0.4, -0.2) is 29.1 Å². The van der Waals surface area contributed by atoms with Gasteiger partial charge in [0, 0.05) is 46.9 Å². The third kappa shape index (κ3) is 11.1. The maximum atomic E-state index is 12.7. The van der Waals surface area contributed by atoms with Gasteiger partial charge in [0.05, 0.1) is 15.7 Å². The molecule has 2 aromatic carbocycles. The zero-order chi connectivity index (χ0) is 27.8. The molecule has 1 N–H and O–H groups in total. The van der Waals surface area contributed by atoms with Gasteiger partial charge in [-0.25, -0.2) is 0 Å². The van der Waals surface area contributed by atoms with Gasteiger partial charge in [-0.05, 0) is 85.8 Å². The number of nitrogens with one attached hydrogen (secondary N) is 1. The van der Waals surface area contributed by atoms with Crippen LogP contribution in [0.2, 0.25) is 10.0 Å². The van der Waals surface area contributed by atoms with E-state index < -0.39 is 0 Å². The molecule has 1 amide bonds. The van der Waals surface area contributed by atoms with Crippen molar-refractivity contribution in [3.63, 3.8) is 0 Å². The number of rotatable bonds is 6. The Balaban J connectivity index is 0.000000559. The average molecular weight is 595 g/mol. The number of pyridine rings is 1. The molecule has 4 nitrogen and oxygen atoms in total. The number of unbranched alkanes of at least 4 members (excludes halogenated alkanes) is 1. The van der Waals surface area contributed by atoms with Crippen LogP contribution < -0.4 is 9.62 Å². The summed E-state index contributed by atoms with van der Waals surface area (Å²) < 4.78 is 2.32. The maximum absolute atomic E-state index is 12.7. The van der Waals surface area contributed by atoms with Crippen LogP contribution in [0.4, 0.5) is 11.4 Å². The zero-order valence-electron chi connectivity index (χ0n) is 22.5. The fourth-order valence-corrected chi connectivity index (χ4v) is 4.70. The molecular formula is C30H38Cl3N3OS. The zero-order valence-corrected chi connectivity index (χ0v) is 25.6. The Kier molecular flexibility index (Phi) is 15.6. The van der Waals surface area contributed by atoms with E-state index in [1.165, 1.54) is 32.1 Å². The molecule has 1 aliphatic rings. The van der Waals surface area contributed by atoms with Crippen molar-refractivity contribution >= 4 is 64.0 Å². The molecule has 0 bridgehead atoms. The summed E-state index contributed by atoms with van der Waals surface area (Å²) in [5, 5.41) is 4.06. The highest BCUT2D eigenvalue weighted by Gasteiger charge is 2.13.